The molecule has 4 nitrogen and oxygen atoms in total. The zero-order chi connectivity index (χ0) is 7.52. The predicted octanol–water partition coefficient (Wildman–Crippen LogP) is 0.647. The predicted molar refractivity (Wildman–Crippen MR) is 41.1 cm³/mol. The molecule has 1 aliphatic heterocycles. The van der Waals surface area contributed by atoms with Gasteiger partial charge in [-0.2, -0.15) is 0 Å². The summed E-state index contributed by atoms with van der Waals surface area (Å²) in [5.41, 5.74) is 0. The normalized spacial score (nSPS) is 15.8. The summed E-state index contributed by atoms with van der Waals surface area (Å²) in [4.78, 5) is 0. The Balaban J connectivity index is 2.23. The van der Waals surface area contributed by atoms with Gasteiger partial charge in [0.05, 0.1) is 0 Å². The molecule has 0 aromatic carbocycles. The first kappa shape index (κ1) is 6.15. The smallest absolute Gasteiger partial charge is 0.139 e. The highest BCUT2D eigenvalue weighted by Gasteiger charge is 1.97. The van der Waals surface area contributed by atoms with Gasteiger partial charge < -0.3 is 0 Å². The average molecular weight is 148 g/mol. The molecule has 0 saturated heterocycles. The SMILES string of the molecule is C1=CN(n2cnnc2)C=CC1. The van der Waals surface area contributed by atoms with Gasteiger partial charge in [-0.25, -0.2) is 4.68 Å². The third-order valence-electron chi connectivity index (χ3n) is 1.46. The van der Waals surface area contributed by atoms with Crippen LogP contribution in [0, 0.1) is 0 Å². The molecular formula is C7H8N4. The van der Waals surface area contributed by atoms with E-state index >= 15 is 0 Å². The summed E-state index contributed by atoms with van der Waals surface area (Å²) in [6.07, 6.45) is 12.4. The standard InChI is InChI=1S/C7H8N4/c1-2-4-10(5-3-1)11-6-8-9-7-11/h2-7H,1H2. The molecule has 0 amide bonds. The molecule has 0 bridgehead atoms. The third kappa shape index (κ3) is 1.14. The van der Waals surface area contributed by atoms with Crippen LogP contribution in [0.2, 0.25) is 0 Å². The first-order valence-corrected chi connectivity index (χ1v) is 3.43. The van der Waals surface area contributed by atoms with Crippen molar-refractivity contribution in [2.75, 3.05) is 5.01 Å². The average Bonchev–Trinajstić information content (AvgIpc) is 2.58. The van der Waals surface area contributed by atoms with Crippen molar-refractivity contribution < 1.29 is 0 Å². The minimum absolute atomic E-state index is 0.999. The first-order valence-electron chi connectivity index (χ1n) is 3.43. The van der Waals surface area contributed by atoms with Gasteiger partial charge in [-0.3, -0.25) is 5.01 Å². The van der Waals surface area contributed by atoms with Crippen LogP contribution in [-0.2, 0) is 0 Å². The Hall–Kier alpha value is -1.58. The zero-order valence-electron chi connectivity index (χ0n) is 5.96. The van der Waals surface area contributed by atoms with Crippen molar-refractivity contribution in [1.29, 1.82) is 0 Å². The molecule has 0 atom stereocenters. The van der Waals surface area contributed by atoms with E-state index in [0.29, 0.717) is 0 Å². The van der Waals surface area contributed by atoms with Gasteiger partial charge >= 0.3 is 0 Å². The lowest BCUT2D eigenvalue weighted by molar-refractivity contribution is 0.785. The highest BCUT2D eigenvalue weighted by molar-refractivity contribution is 5.16. The Kier molecular flexibility index (Phi) is 1.44. The number of hydrogen-bond acceptors (Lipinski definition) is 3. The number of nitrogens with zero attached hydrogens (tertiary/aromatic N) is 4. The Morgan fingerprint density at radius 1 is 1.00 bits per heavy atom. The Morgan fingerprint density at radius 3 is 2.27 bits per heavy atom. The highest BCUT2D eigenvalue weighted by atomic mass is 15.6. The summed E-state index contributed by atoms with van der Waals surface area (Å²) in [6.45, 7) is 0. The number of aromatic nitrogens is 3. The van der Waals surface area contributed by atoms with E-state index in [-0.39, 0.29) is 0 Å². The van der Waals surface area contributed by atoms with Crippen molar-refractivity contribution in [1.82, 2.24) is 14.9 Å². The quantitative estimate of drug-likeness (QED) is 0.586. The third-order valence-corrected chi connectivity index (χ3v) is 1.46. The second kappa shape index (κ2) is 2.57. The molecule has 0 spiro atoms. The lowest BCUT2D eigenvalue weighted by atomic mass is 10.3. The molecule has 1 aromatic rings. The molecule has 2 heterocycles. The van der Waals surface area contributed by atoms with Gasteiger partial charge in [-0.05, 0) is 6.42 Å². The molecule has 0 aliphatic carbocycles. The zero-order valence-corrected chi connectivity index (χ0v) is 5.96. The van der Waals surface area contributed by atoms with E-state index in [1.807, 2.05) is 17.4 Å². The molecule has 1 aromatic heterocycles. The van der Waals surface area contributed by atoms with E-state index in [0.717, 1.165) is 6.42 Å². The molecule has 11 heavy (non-hydrogen) atoms. The lowest BCUT2D eigenvalue weighted by Gasteiger charge is -2.17. The van der Waals surface area contributed by atoms with E-state index in [2.05, 4.69) is 22.3 Å². The van der Waals surface area contributed by atoms with Crippen LogP contribution in [0.15, 0.2) is 37.2 Å². The van der Waals surface area contributed by atoms with E-state index < -0.39 is 0 Å². The van der Waals surface area contributed by atoms with E-state index in [4.69, 9.17) is 0 Å². The summed E-state index contributed by atoms with van der Waals surface area (Å²) in [5, 5.41) is 9.31. The van der Waals surface area contributed by atoms with Crippen LogP contribution >= 0.6 is 0 Å². The molecule has 0 N–H and O–H groups in total. The summed E-state index contributed by atoms with van der Waals surface area (Å²) < 4.78 is 1.80. The van der Waals surface area contributed by atoms with Gasteiger partial charge in [0.1, 0.15) is 12.7 Å². The molecular weight excluding hydrogens is 140 g/mol. The van der Waals surface area contributed by atoms with Gasteiger partial charge in [-0.1, -0.05) is 12.2 Å². The molecule has 4 heteroatoms. The number of hydrogen-bond donors (Lipinski definition) is 0. The maximum atomic E-state index is 3.70. The van der Waals surface area contributed by atoms with Crippen LogP contribution < -0.4 is 5.01 Å². The van der Waals surface area contributed by atoms with Crippen LogP contribution in [0.25, 0.3) is 0 Å². The summed E-state index contributed by atoms with van der Waals surface area (Å²) in [7, 11) is 0. The second-order valence-corrected chi connectivity index (χ2v) is 2.23. The maximum Gasteiger partial charge on any atom is 0.139 e. The second-order valence-electron chi connectivity index (χ2n) is 2.23. The van der Waals surface area contributed by atoms with Crippen LogP contribution in [0.4, 0.5) is 0 Å². The maximum absolute atomic E-state index is 3.70. The van der Waals surface area contributed by atoms with Crippen LogP contribution in [0.5, 0.6) is 0 Å². The summed E-state index contributed by atoms with van der Waals surface area (Å²) in [5.74, 6) is 0. The molecule has 0 unspecified atom stereocenters. The van der Waals surface area contributed by atoms with E-state index in [1.165, 1.54) is 0 Å². The van der Waals surface area contributed by atoms with Crippen LogP contribution in [-0.4, -0.2) is 14.9 Å². The fourth-order valence-electron chi connectivity index (χ4n) is 0.934. The Bertz CT molecular complexity index is 261. The van der Waals surface area contributed by atoms with Crippen molar-refractivity contribution in [3.8, 4) is 0 Å². The fourth-order valence-corrected chi connectivity index (χ4v) is 0.934. The van der Waals surface area contributed by atoms with Crippen molar-refractivity contribution in [2.45, 2.75) is 6.42 Å². The Morgan fingerprint density at radius 2 is 1.64 bits per heavy atom. The van der Waals surface area contributed by atoms with Crippen molar-refractivity contribution >= 4 is 0 Å². The lowest BCUT2D eigenvalue weighted by Crippen LogP contribution is -2.21. The molecule has 0 saturated carbocycles. The van der Waals surface area contributed by atoms with Gasteiger partial charge in [0.25, 0.3) is 0 Å². The molecule has 0 radical (unpaired) electrons. The summed E-state index contributed by atoms with van der Waals surface area (Å²) in [6, 6.07) is 0. The van der Waals surface area contributed by atoms with Gasteiger partial charge in [0.15, 0.2) is 0 Å². The van der Waals surface area contributed by atoms with Gasteiger partial charge in [0, 0.05) is 12.4 Å². The molecule has 2 rings (SSSR count). The van der Waals surface area contributed by atoms with E-state index in [1.54, 1.807) is 17.3 Å². The number of allylic oxidation sites excluding steroid dienone is 2. The first-order chi connectivity index (χ1) is 5.47. The monoisotopic (exact) mass is 148 g/mol. The largest absolute Gasteiger partial charge is 0.262 e. The van der Waals surface area contributed by atoms with Crippen LogP contribution in [0.3, 0.4) is 0 Å². The minimum atomic E-state index is 0.999. The topological polar surface area (TPSA) is 34.0 Å². The summed E-state index contributed by atoms with van der Waals surface area (Å²) >= 11 is 0. The molecule has 1 aliphatic rings. The van der Waals surface area contributed by atoms with Gasteiger partial charge in [-0.15, -0.1) is 10.2 Å². The fraction of sp³-hybridized carbons (Fsp3) is 0.143. The van der Waals surface area contributed by atoms with E-state index in [9.17, 15) is 0 Å². The van der Waals surface area contributed by atoms with Crippen molar-refractivity contribution in [2.24, 2.45) is 0 Å². The molecule has 0 fully saturated rings. The Labute approximate surface area is 64.4 Å². The van der Waals surface area contributed by atoms with Gasteiger partial charge in [0.2, 0.25) is 0 Å². The highest BCUT2D eigenvalue weighted by Crippen LogP contribution is 2.00. The minimum Gasteiger partial charge on any atom is -0.262 e. The van der Waals surface area contributed by atoms with Crippen molar-refractivity contribution in [3.05, 3.63) is 37.2 Å². The number of rotatable bonds is 1. The van der Waals surface area contributed by atoms with Crippen LogP contribution in [0.1, 0.15) is 6.42 Å². The molecule has 56 valence electrons. The van der Waals surface area contributed by atoms with Crippen molar-refractivity contribution in [3.63, 3.8) is 0 Å².